The van der Waals surface area contributed by atoms with Gasteiger partial charge < -0.3 is 10.3 Å². The van der Waals surface area contributed by atoms with Crippen LogP contribution in [-0.2, 0) is 6.18 Å². The van der Waals surface area contributed by atoms with Gasteiger partial charge in [-0.2, -0.15) is 13.2 Å². The highest BCUT2D eigenvalue weighted by Gasteiger charge is 2.30. The summed E-state index contributed by atoms with van der Waals surface area (Å²) in [6.45, 7) is 0. The molecule has 2 N–H and O–H groups in total. The summed E-state index contributed by atoms with van der Waals surface area (Å²) < 4.78 is 38.1. The third-order valence-electron chi connectivity index (χ3n) is 3.02. The van der Waals surface area contributed by atoms with Gasteiger partial charge in [-0.05, 0) is 24.3 Å². The van der Waals surface area contributed by atoms with Crippen LogP contribution in [-0.4, -0.2) is 9.97 Å². The number of H-pyrrole nitrogens is 1. The number of aromatic amines is 1. The number of nitrogens with one attached hydrogen (secondary N) is 2. The lowest BCUT2D eigenvalue weighted by Gasteiger charge is -2.08. The lowest BCUT2D eigenvalue weighted by atomic mass is 10.2. The second-order valence-electron chi connectivity index (χ2n) is 4.68. The van der Waals surface area contributed by atoms with E-state index in [1.54, 1.807) is 11.4 Å². The molecule has 0 aliphatic heterocycles. The molecule has 8 heteroatoms. The predicted molar refractivity (Wildman–Crippen MR) is 82.9 cm³/mol. The number of alkyl halides is 3. The fraction of sp³-hybridized carbons (Fsp3) is 0.0667. The van der Waals surface area contributed by atoms with Gasteiger partial charge in [-0.3, -0.25) is 4.79 Å². The van der Waals surface area contributed by atoms with Crippen molar-refractivity contribution < 1.29 is 13.2 Å². The largest absolute Gasteiger partial charge is 0.416 e. The quantitative estimate of drug-likeness (QED) is 0.751. The van der Waals surface area contributed by atoms with E-state index in [-0.39, 0.29) is 5.56 Å². The summed E-state index contributed by atoms with van der Waals surface area (Å²) in [5, 5.41) is 5.01. The first kappa shape index (κ1) is 15.3. The van der Waals surface area contributed by atoms with Crippen molar-refractivity contribution in [3.63, 3.8) is 0 Å². The number of rotatable bonds is 3. The molecule has 0 spiro atoms. The number of anilines is 2. The van der Waals surface area contributed by atoms with Gasteiger partial charge in [0.25, 0.3) is 0 Å². The summed E-state index contributed by atoms with van der Waals surface area (Å²) >= 11 is 1.24. The number of hydrogen-bond donors (Lipinski definition) is 2. The van der Waals surface area contributed by atoms with Gasteiger partial charge in [0.2, 0.25) is 5.56 Å². The molecule has 0 amide bonds. The maximum atomic E-state index is 12.7. The van der Waals surface area contributed by atoms with E-state index >= 15 is 0 Å². The summed E-state index contributed by atoms with van der Waals surface area (Å²) in [5.74, 6) is 0. The molecule has 1 aromatic carbocycles. The first-order valence-electron chi connectivity index (χ1n) is 6.51. The highest BCUT2D eigenvalue weighted by atomic mass is 32.1. The normalized spacial score (nSPS) is 11.4. The first-order chi connectivity index (χ1) is 10.9. The van der Waals surface area contributed by atoms with Gasteiger partial charge in [0, 0.05) is 28.9 Å². The molecule has 0 saturated heterocycles. The zero-order valence-electron chi connectivity index (χ0n) is 11.5. The standard InChI is InChI=1S/C15H10F3N3OS/c16-15(17,18)10-2-1-3-11(7-10)20-14-21-12(8-23-14)9-4-5-19-13(22)6-9/h1-8H,(H,19,22)(H,20,21). The number of hydrogen-bond acceptors (Lipinski definition) is 4. The minimum absolute atomic E-state index is 0.247. The summed E-state index contributed by atoms with van der Waals surface area (Å²) in [4.78, 5) is 18.1. The van der Waals surface area contributed by atoms with Gasteiger partial charge in [-0.15, -0.1) is 11.3 Å². The third kappa shape index (κ3) is 3.59. The van der Waals surface area contributed by atoms with Crippen molar-refractivity contribution in [2.24, 2.45) is 0 Å². The second kappa shape index (κ2) is 5.88. The molecule has 0 unspecified atom stereocenters. The Morgan fingerprint density at radius 1 is 1.17 bits per heavy atom. The van der Waals surface area contributed by atoms with Crippen LogP contribution >= 0.6 is 11.3 Å². The topological polar surface area (TPSA) is 57.8 Å². The number of aromatic nitrogens is 2. The van der Waals surface area contributed by atoms with Crippen LogP contribution in [0.2, 0.25) is 0 Å². The van der Waals surface area contributed by atoms with Crippen LogP contribution in [0.4, 0.5) is 24.0 Å². The zero-order chi connectivity index (χ0) is 16.4. The van der Waals surface area contributed by atoms with E-state index < -0.39 is 11.7 Å². The highest BCUT2D eigenvalue weighted by molar-refractivity contribution is 7.14. The van der Waals surface area contributed by atoms with Crippen LogP contribution in [0.3, 0.4) is 0 Å². The predicted octanol–water partition coefficient (Wildman–Crippen LogP) is 4.26. The Hall–Kier alpha value is -2.61. The van der Waals surface area contributed by atoms with Gasteiger partial charge >= 0.3 is 6.18 Å². The van der Waals surface area contributed by atoms with E-state index in [0.29, 0.717) is 22.1 Å². The Kier molecular flexibility index (Phi) is 3.91. The van der Waals surface area contributed by atoms with E-state index in [1.165, 1.54) is 35.7 Å². The molecule has 3 aromatic rings. The van der Waals surface area contributed by atoms with Crippen LogP contribution in [0.25, 0.3) is 11.3 Å². The van der Waals surface area contributed by atoms with Crippen molar-refractivity contribution >= 4 is 22.2 Å². The number of halogens is 3. The molecule has 0 aliphatic rings. The van der Waals surface area contributed by atoms with Gasteiger partial charge in [0.15, 0.2) is 5.13 Å². The fourth-order valence-electron chi connectivity index (χ4n) is 1.96. The molecule has 2 heterocycles. The molecule has 2 aromatic heterocycles. The Labute approximate surface area is 132 Å². The number of nitrogens with zero attached hydrogens (tertiary/aromatic N) is 1. The molecule has 0 aliphatic carbocycles. The maximum absolute atomic E-state index is 12.7. The molecular weight excluding hydrogens is 327 g/mol. The Morgan fingerprint density at radius 3 is 2.74 bits per heavy atom. The number of benzene rings is 1. The second-order valence-corrected chi connectivity index (χ2v) is 5.54. The Morgan fingerprint density at radius 2 is 2.00 bits per heavy atom. The first-order valence-corrected chi connectivity index (χ1v) is 7.39. The van der Waals surface area contributed by atoms with E-state index in [9.17, 15) is 18.0 Å². The van der Waals surface area contributed by atoms with Crippen LogP contribution < -0.4 is 10.9 Å². The molecule has 23 heavy (non-hydrogen) atoms. The van der Waals surface area contributed by atoms with Crippen molar-refractivity contribution in [1.82, 2.24) is 9.97 Å². The Balaban J connectivity index is 1.84. The highest BCUT2D eigenvalue weighted by Crippen LogP contribution is 2.32. The average Bonchev–Trinajstić information content (AvgIpc) is 2.95. The summed E-state index contributed by atoms with van der Waals surface area (Å²) in [5.41, 5.74) is 0.543. The molecule has 4 nitrogen and oxygen atoms in total. The Bertz CT molecular complexity index is 886. The van der Waals surface area contributed by atoms with Gasteiger partial charge in [0.05, 0.1) is 11.3 Å². The van der Waals surface area contributed by atoms with Crippen LogP contribution in [0.5, 0.6) is 0 Å². The van der Waals surface area contributed by atoms with Crippen molar-refractivity contribution in [2.75, 3.05) is 5.32 Å². The molecule has 0 saturated carbocycles. The molecular formula is C15H10F3N3OS. The number of pyridine rings is 1. The van der Waals surface area contributed by atoms with Crippen molar-refractivity contribution in [3.05, 3.63) is 63.9 Å². The minimum atomic E-state index is -4.39. The van der Waals surface area contributed by atoms with Crippen molar-refractivity contribution in [2.45, 2.75) is 6.18 Å². The monoisotopic (exact) mass is 337 g/mol. The van der Waals surface area contributed by atoms with E-state index in [2.05, 4.69) is 15.3 Å². The number of thiazole rings is 1. The summed E-state index contributed by atoms with van der Waals surface area (Å²) in [6, 6.07) is 8.00. The lowest BCUT2D eigenvalue weighted by Crippen LogP contribution is -2.05. The minimum Gasteiger partial charge on any atom is -0.332 e. The van der Waals surface area contributed by atoms with E-state index in [4.69, 9.17) is 0 Å². The van der Waals surface area contributed by atoms with E-state index in [1.807, 2.05) is 0 Å². The average molecular weight is 337 g/mol. The van der Waals surface area contributed by atoms with E-state index in [0.717, 1.165) is 12.1 Å². The maximum Gasteiger partial charge on any atom is 0.416 e. The molecule has 3 rings (SSSR count). The van der Waals surface area contributed by atoms with Gasteiger partial charge in [-0.1, -0.05) is 6.07 Å². The summed E-state index contributed by atoms with van der Waals surface area (Å²) in [6.07, 6.45) is -2.88. The van der Waals surface area contributed by atoms with Crippen molar-refractivity contribution in [3.8, 4) is 11.3 Å². The molecule has 0 fully saturated rings. The summed E-state index contributed by atoms with van der Waals surface area (Å²) in [7, 11) is 0. The van der Waals surface area contributed by atoms with Crippen LogP contribution in [0.15, 0.2) is 52.8 Å². The van der Waals surface area contributed by atoms with Gasteiger partial charge in [0.1, 0.15) is 0 Å². The van der Waals surface area contributed by atoms with Crippen LogP contribution in [0.1, 0.15) is 5.56 Å². The lowest BCUT2D eigenvalue weighted by molar-refractivity contribution is -0.137. The van der Waals surface area contributed by atoms with Crippen molar-refractivity contribution in [1.29, 1.82) is 0 Å². The molecule has 0 bridgehead atoms. The van der Waals surface area contributed by atoms with Gasteiger partial charge in [-0.25, -0.2) is 4.98 Å². The smallest absolute Gasteiger partial charge is 0.332 e. The molecule has 0 radical (unpaired) electrons. The third-order valence-corrected chi connectivity index (χ3v) is 3.77. The molecule has 118 valence electrons. The zero-order valence-corrected chi connectivity index (χ0v) is 12.3. The van der Waals surface area contributed by atoms with Crippen LogP contribution in [0, 0.1) is 0 Å². The molecule has 0 atom stereocenters. The SMILES string of the molecule is O=c1cc(-c2csc(Nc3cccc(C(F)(F)F)c3)n2)cc[nH]1. The fourth-order valence-corrected chi connectivity index (χ4v) is 2.70.